The summed E-state index contributed by atoms with van der Waals surface area (Å²) >= 11 is 0. The summed E-state index contributed by atoms with van der Waals surface area (Å²) in [6.45, 7) is 6.45. The minimum atomic E-state index is -3.70. The molecule has 1 aromatic rings. The van der Waals surface area contributed by atoms with Gasteiger partial charge >= 0.3 is 5.97 Å². The number of nitrogens with one attached hydrogen (secondary N) is 1. The van der Waals surface area contributed by atoms with E-state index in [1.54, 1.807) is 0 Å². The summed E-state index contributed by atoms with van der Waals surface area (Å²) < 4.78 is 32.4. The molecule has 6 nitrogen and oxygen atoms in total. The lowest BCUT2D eigenvalue weighted by Gasteiger charge is -2.22. The first kappa shape index (κ1) is 17.6. The molecule has 0 aliphatic rings. The zero-order valence-electron chi connectivity index (χ0n) is 12.4. The molecule has 118 valence electrons. The predicted molar refractivity (Wildman–Crippen MR) is 78.8 cm³/mol. The van der Waals surface area contributed by atoms with Crippen LogP contribution in [-0.2, 0) is 14.8 Å². The molecule has 0 heterocycles. The van der Waals surface area contributed by atoms with Gasteiger partial charge in [0.15, 0.2) is 0 Å². The maximum atomic E-state index is 12.3. The van der Waals surface area contributed by atoms with Crippen LogP contribution in [-0.4, -0.2) is 38.7 Å². The van der Waals surface area contributed by atoms with Gasteiger partial charge in [-0.2, -0.15) is 0 Å². The third-order valence-corrected chi connectivity index (χ3v) is 4.53. The van der Waals surface area contributed by atoms with E-state index in [2.05, 4.69) is 4.72 Å². The van der Waals surface area contributed by atoms with Crippen molar-refractivity contribution in [1.82, 2.24) is 4.72 Å². The van der Waals surface area contributed by atoms with Crippen molar-refractivity contribution >= 4 is 16.0 Å². The lowest BCUT2D eigenvalue weighted by Crippen LogP contribution is -2.41. The van der Waals surface area contributed by atoms with Crippen molar-refractivity contribution in [3.8, 4) is 0 Å². The first-order valence-corrected chi connectivity index (χ1v) is 8.19. The van der Waals surface area contributed by atoms with Crippen LogP contribution in [0.25, 0.3) is 0 Å². The van der Waals surface area contributed by atoms with Crippen LogP contribution in [0, 0.1) is 5.92 Å². The molecule has 0 fully saturated rings. The van der Waals surface area contributed by atoms with E-state index >= 15 is 0 Å². The Bertz CT molecular complexity index is 566. The first-order valence-electron chi connectivity index (χ1n) is 6.71. The second-order valence-corrected chi connectivity index (χ2v) is 6.67. The molecular formula is C14H21NO5S. The number of carbonyl (C=O) groups is 1. The van der Waals surface area contributed by atoms with Crippen LogP contribution in [0.2, 0.25) is 0 Å². The normalized spacial score (nSPS) is 13.3. The van der Waals surface area contributed by atoms with Gasteiger partial charge in [0.05, 0.1) is 17.1 Å². The van der Waals surface area contributed by atoms with Gasteiger partial charge in [0.2, 0.25) is 10.0 Å². The molecule has 21 heavy (non-hydrogen) atoms. The minimum Gasteiger partial charge on any atom is -0.478 e. The van der Waals surface area contributed by atoms with E-state index < -0.39 is 16.0 Å². The summed E-state index contributed by atoms with van der Waals surface area (Å²) in [5, 5.41) is 8.81. The van der Waals surface area contributed by atoms with Crippen LogP contribution in [0.15, 0.2) is 29.2 Å². The minimum absolute atomic E-state index is 0.0367. The van der Waals surface area contributed by atoms with Crippen molar-refractivity contribution in [3.63, 3.8) is 0 Å². The number of carboxylic acids is 1. The Hall–Kier alpha value is -1.44. The summed E-state index contributed by atoms with van der Waals surface area (Å²) in [7, 11) is -3.70. The number of sulfonamides is 1. The first-order chi connectivity index (χ1) is 9.77. The van der Waals surface area contributed by atoms with E-state index in [0.717, 1.165) is 0 Å². The van der Waals surface area contributed by atoms with Gasteiger partial charge in [0.1, 0.15) is 0 Å². The molecular weight excluding hydrogens is 294 g/mol. The lowest BCUT2D eigenvalue weighted by molar-refractivity contribution is 0.0696. The van der Waals surface area contributed by atoms with Crippen molar-refractivity contribution in [2.24, 2.45) is 5.92 Å². The number of rotatable bonds is 8. The Labute approximate surface area is 125 Å². The SMILES string of the molecule is CCOCC(NS(=O)(=O)c1ccc(C(=O)O)cc1)C(C)C. The van der Waals surface area contributed by atoms with Crippen LogP contribution in [0.5, 0.6) is 0 Å². The smallest absolute Gasteiger partial charge is 0.335 e. The van der Waals surface area contributed by atoms with Gasteiger partial charge in [-0.05, 0) is 37.1 Å². The highest BCUT2D eigenvalue weighted by Gasteiger charge is 2.22. The number of ether oxygens (including phenoxy) is 1. The second kappa shape index (κ2) is 7.53. The molecule has 2 N–H and O–H groups in total. The van der Waals surface area contributed by atoms with E-state index in [1.807, 2.05) is 20.8 Å². The average Bonchev–Trinajstić information content (AvgIpc) is 2.43. The van der Waals surface area contributed by atoms with E-state index in [0.29, 0.717) is 13.2 Å². The Morgan fingerprint density at radius 3 is 2.29 bits per heavy atom. The van der Waals surface area contributed by atoms with E-state index in [1.165, 1.54) is 24.3 Å². The van der Waals surface area contributed by atoms with Gasteiger partial charge in [-0.25, -0.2) is 17.9 Å². The summed E-state index contributed by atoms with van der Waals surface area (Å²) in [5.41, 5.74) is 0.0451. The fraction of sp³-hybridized carbons (Fsp3) is 0.500. The third-order valence-electron chi connectivity index (χ3n) is 3.02. The molecule has 0 saturated heterocycles. The summed E-state index contributed by atoms with van der Waals surface area (Å²) in [6.07, 6.45) is 0. The molecule has 0 spiro atoms. The summed E-state index contributed by atoms with van der Waals surface area (Å²) in [4.78, 5) is 10.8. The highest BCUT2D eigenvalue weighted by molar-refractivity contribution is 7.89. The van der Waals surface area contributed by atoms with Gasteiger partial charge in [-0.1, -0.05) is 13.8 Å². The molecule has 0 bridgehead atoms. The second-order valence-electron chi connectivity index (χ2n) is 4.96. The Kier molecular flexibility index (Phi) is 6.32. The molecule has 7 heteroatoms. The van der Waals surface area contributed by atoms with Crippen LogP contribution < -0.4 is 4.72 Å². The van der Waals surface area contributed by atoms with E-state index in [9.17, 15) is 13.2 Å². The van der Waals surface area contributed by atoms with Crippen LogP contribution in [0.3, 0.4) is 0 Å². The quantitative estimate of drug-likeness (QED) is 0.762. The monoisotopic (exact) mass is 315 g/mol. The Morgan fingerprint density at radius 2 is 1.86 bits per heavy atom. The molecule has 1 aromatic carbocycles. The van der Waals surface area contributed by atoms with E-state index in [-0.39, 0.29) is 22.4 Å². The molecule has 1 unspecified atom stereocenters. The Balaban J connectivity index is 2.90. The topological polar surface area (TPSA) is 92.7 Å². The molecule has 0 amide bonds. The maximum absolute atomic E-state index is 12.3. The number of benzene rings is 1. The van der Waals surface area contributed by atoms with Crippen molar-refractivity contribution in [1.29, 1.82) is 0 Å². The maximum Gasteiger partial charge on any atom is 0.335 e. The summed E-state index contributed by atoms with van der Waals surface area (Å²) in [6, 6.07) is 4.76. The van der Waals surface area contributed by atoms with Crippen molar-refractivity contribution in [2.75, 3.05) is 13.2 Å². The highest BCUT2D eigenvalue weighted by atomic mass is 32.2. The third kappa shape index (κ3) is 5.11. The zero-order chi connectivity index (χ0) is 16.0. The van der Waals surface area contributed by atoms with Gasteiger partial charge in [0, 0.05) is 12.6 Å². The Morgan fingerprint density at radius 1 is 1.29 bits per heavy atom. The van der Waals surface area contributed by atoms with Gasteiger partial charge < -0.3 is 9.84 Å². The number of hydrogen-bond acceptors (Lipinski definition) is 4. The van der Waals surface area contributed by atoms with E-state index in [4.69, 9.17) is 9.84 Å². The number of hydrogen-bond donors (Lipinski definition) is 2. The molecule has 1 atom stereocenters. The zero-order valence-corrected chi connectivity index (χ0v) is 13.2. The number of carboxylic acid groups (broad SMARTS) is 1. The van der Waals surface area contributed by atoms with Crippen molar-refractivity contribution in [2.45, 2.75) is 31.7 Å². The van der Waals surface area contributed by atoms with Crippen molar-refractivity contribution in [3.05, 3.63) is 29.8 Å². The highest BCUT2D eigenvalue weighted by Crippen LogP contribution is 2.13. The van der Waals surface area contributed by atoms with Crippen LogP contribution >= 0.6 is 0 Å². The lowest BCUT2D eigenvalue weighted by atomic mass is 10.1. The molecule has 0 aliphatic heterocycles. The molecule has 1 rings (SSSR count). The van der Waals surface area contributed by atoms with Crippen LogP contribution in [0.1, 0.15) is 31.1 Å². The molecule has 0 radical (unpaired) electrons. The van der Waals surface area contributed by atoms with Crippen LogP contribution in [0.4, 0.5) is 0 Å². The fourth-order valence-electron chi connectivity index (χ4n) is 1.65. The van der Waals surface area contributed by atoms with Gasteiger partial charge in [-0.3, -0.25) is 0 Å². The molecule has 0 aliphatic carbocycles. The molecule has 0 saturated carbocycles. The average molecular weight is 315 g/mol. The standard InChI is InChI=1S/C14H21NO5S/c1-4-20-9-13(10(2)3)15-21(18,19)12-7-5-11(6-8-12)14(16)17/h5-8,10,13,15H,4,9H2,1-3H3,(H,16,17). The fourth-order valence-corrected chi connectivity index (χ4v) is 3.02. The predicted octanol–water partition coefficient (Wildman–Crippen LogP) is 1.72. The number of aromatic carboxylic acids is 1. The van der Waals surface area contributed by atoms with Crippen molar-refractivity contribution < 1.29 is 23.1 Å². The van der Waals surface area contributed by atoms with Gasteiger partial charge in [-0.15, -0.1) is 0 Å². The summed E-state index contributed by atoms with van der Waals surface area (Å²) in [5.74, 6) is -1.02. The molecule has 0 aromatic heterocycles. The van der Waals surface area contributed by atoms with Gasteiger partial charge in [0.25, 0.3) is 0 Å². The largest absolute Gasteiger partial charge is 0.478 e.